The minimum atomic E-state index is -5.74. The van der Waals surface area contributed by atoms with Gasteiger partial charge in [0.05, 0.1) is 11.4 Å². The maximum Gasteiger partial charge on any atom is 0.501 e. The van der Waals surface area contributed by atoms with Crippen LogP contribution >= 0.6 is 0 Å². The second-order valence-corrected chi connectivity index (χ2v) is 9.52. The summed E-state index contributed by atoms with van der Waals surface area (Å²) in [5, 5.41) is 0. The molecule has 0 N–H and O–H groups in total. The van der Waals surface area contributed by atoms with Crippen LogP contribution in [0, 0.1) is 5.82 Å². The molecule has 0 aromatic heterocycles. The van der Waals surface area contributed by atoms with Crippen molar-refractivity contribution in [3.05, 3.63) is 24.0 Å². The van der Waals surface area contributed by atoms with Crippen molar-refractivity contribution in [3.8, 4) is 0 Å². The molecule has 1 saturated heterocycles. The standard InChI is InChI=1S/C13H16F4N2O4S2/c1-2-24(20,21)19-7-5-18(6-8-19)11-4-3-10(14)9-12(11)25(22,23)13(15,16)17/h3-4,9H,2,5-8H2,1H3. The first-order chi connectivity index (χ1) is 11.4. The predicted octanol–water partition coefficient (Wildman–Crippen LogP) is 1.59. The minimum absolute atomic E-state index is 0.000937. The molecule has 0 unspecified atom stereocenters. The summed E-state index contributed by atoms with van der Waals surface area (Å²) >= 11 is 0. The molecular weight excluding hydrogens is 388 g/mol. The number of anilines is 1. The van der Waals surface area contributed by atoms with E-state index in [2.05, 4.69) is 0 Å². The highest BCUT2D eigenvalue weighted by Gasteiger charge is 2.48. The van der Waals surface area contributed by atoms with E-state index in [0.29, 0.717) is 6.07 Å². The smallest absolute Gasteiger partial charge is 0.368 e. The monoisotopic (exact) mass is 404 g/mol. The number of nitrogens with zero attached hydrogens (tertiary/aromatic N) is 2. The Morgan fingerprint density at radius 2 is 1.60 bits per heavy atom. The Bertz CT molecular complexity index is 845. The van der Waals surface area contributed by atoms with Crippen molar-refractivity contribution < 1.29 is 34.4 Å². The molecule has 1 aromatic carbocycles. The van der Waals surface area contributed by atoms with E-state index >= 15 is 0 Å². The quantitative estimate of drug-likeness (QED) is 0.713. The van der Waals surface area contributed by atoms with E-state index in [4.69, 9.17) is 0 Å². The molecule has 1 aromatic rings. The number of hydrogen-bond donors (Lipinski definition) is 0. The Morgan fingerprint density at radius 3 is 2.08 bits per heavy atom. The van der Waals surface area contributed by atoms with Gasteiger partial charge in [-0.2, -0.15) is 17.5 Å². The maximum absolute atomic E-state index is 13.4. The highest BCUT2D eigenvalue weighted by atomic mass is 32.2. The van der Waals surface area contributed by atoms with Crippen molar-refractivity contribution in [2.45, 2.75) is 17.3 Å². The van der Waals surface area contributed by atoms with Crippen LogP contribution in [0.1, 0.15) is 6.92 Å². The molecular formula is C13H16F4N2O4S2. The zero-order chi connectivity index (χ0) is 19.0. The van der Waals surface area contributed by atoms with Gasteiger partial charge in [-0.3, -0.25) is 0 Å². The highest BCUT2D eigenvalue weighted by molar-refractivity contribution is 7.92. The van der Waals surface area contributed by atoms with Gasteiger partial charge in [0.1, 0.15) is 10.7 Å². The van der Waals surface area contributed by atoms with Crippen LogP contribution in [0.3, 0.4) is 0 Å². The van der Waals surface area contributed by atoms with Gasteiger partial charge >= 0.3 is 5.51 Å². The van der Waals surface area contributed by atoms with Crippen LogP contribution < -0.4 is 4.90 Å². The number of halogens is 4. The number of sulfone groups is 1. The van der Waals surface area contributed by atoms with Gasteiger partial charge in [0.15, 0.2) is 0 Å². The summed E-state index contributed by atoms with van der Waals surface area (Å²) in [6.07, 6.45) is 0. The van der Waals surface area contributed by atoms with Gasteiger partial charge in [-0.05, 0) is 25.1 Å². The third-order valence-electron chi connectivity index (χ3n) is 3.85. The van der Waals surface area contributed by atoms with E-state index in [9.17, 15) is 34.4 Å². The summed E-state index contributed by atoms with van der Waals surface area (Å²) in [4.78, 5) is 0.131. The Morgan fingerprint density at radius 1 is 1.04 bits per heavy atom. The van der Waals surface area contributed by atoms with Crippen LogP contribution in [-0.2, 0) is 19.9 Å². The zero-order valence-corrected chi connectivity index (χ0v) is 14.8. The molecule has 1 fully saturated rings. The molecule has 12 heteroatoms. The van der Waals surface area contributed by atoms with Crippen molar-refractivity contribution in [1.82, 2.24) is 4.31 Å². The molecule has 25 heavy (non-hydrogen) atoms. The first kappa shape index (κ1) is 19.9. The molecule has 1 aliphatic heterocycles. The van der Waals surface area contributed by atoms with E-state index in [1.807, 2.05) is 0 Å². The third-order valence-corrected chi connectivity index (χ3v) is 7.25. The third kappa shape index (κ3) is 3.90. The number of sulfonamides is 1. The Labute approximate surface area is 143 Å². The van der Waals surface area contributed by atoms with Crippen LogP contribution in [0.5, 0.6) is 0 Å². The highest BCUT2D eigenvalue weighted by Crippen LogP contribution is 2.36. The lowest BCUT2D eigenvalue weighted by Gasteiger charge is -2.36. The van der Waals surface area contributed by atoms with Crippen LogP contribution in [-0.4, -0.2) is 58.6 Å². The second-order valence-electron chi connectivity index (χ2n) is 5.35. The molecule has 0 atom stereocenters. The molecule has 1 aliphatic rings. The van der Waals surface area contributed by atoms with Crippen molar-refractivity contribution >= 4 is 25.5 Å². The Kier molecular flexibility index (Phi) is 5.36. The number of benzene rings is 1. The number of hydrogen-bond acceptors (Lipinski definition) is 5. The fraction of sp³-hybridized carbons (Fsp3) is 0.538. The first-order valence-electron chi connectivity index (χ1n) is 7.24. The fourth-order valence-corrected chi connectivity index (χ4v) is 4.55. The van der Waals surface area contributed by atoms with Crippen LogP contribution in [0.15, 0.2) is 23.1 Å². The van der Waals surface area contributed by atoms with E-state index < -0.39 is 36.1 Å². The maximum atomic E-state index is 13.4. The molecule has 0 radical (unpaired) electrons. The van der Waals surface area contributed by atoms with Gasteiger partial charge in [-0.15, -0.1) is 0 Å². The Balaban J connectivity index is 2.37. The van der Waals surface area contributed by atoms with E-state index in [0.717, 1.165) is 12.1 Å². The SMILES string of the molecule is CCS(=O)(=O)N1CCN(c2ccc(F)cc2S(=O)(=O)C(F)(F)F)CC1. The minimum Gasteiger partial charge on any atom is -0.368 e. The number of piperazine rings is 1. The van der Waals surface area contributed by atoms with Gasteiger partial charge < -0.3 is 4.90 Å². The summed E-state index contributed by atoms with van der Waals surface area (Å²) in [5.41, 5.74) is -5.87. The van der Waals surface area contributed by atoms with Crippen LogP contribution in [0.25, 0.3) is 0 Å². The summed E-state index contributed by atoms with van der Waals surface area (Å²) in [6.45, 7) is 1.45. The van der Waals surface area contributed by atoms with Crippen molar-refractivity contribution in [1.29, 1.82) is 0 Å². The number of alkyl halides is 3. The van der Waals surface area contributed by atoms with Crippen molar-refractivity contribution in [2.75, 3.05) is 36.8 Å². The van der Waals surface area contributed by atoms with Crippen LogP contribution in [0.4, 0.5) is 23.2 Å². The molecule has 0 amide bonds. The summed E-state index contributed by atoms with van der Waals surface area (Å²) in [6, 6.07) is 2.14. The first-order valence-corrected chi connectivity index (χ1v) is 10.3. The molecule has 0 saturated carbocycles. The molecule has 0 aliphatic carbocycles. The average molecular weight is 404 g/mol. The Hall–Kier alpha value is -1.40. The van der Waals surface area contributed by atoms with E-state index in [1.165, 1.54) is 16.1 Å². The van der Waals surface area contributed by atoms with Gasteiger partial charge in [0.2, 0.25) is 10.0 Å². The lowest BCUT2D eigenvalue weighted by molar-refractivity contribution is -0.0435. The normalized spacial score (nSPS) is 17.7. The topological polar surface area (TPSA) is 74.8 Å². The molecule has 142 valence electrons. The molecule has 0 spiro atoms. The number of rotatable bonds is 4. The molecule has 0 bridgehead atoms. The van der Waals surface area contributed by atoms with Gasteiger partial charge in [-0.1, -0.05) is 0 Å². The van der Waals surface area contributed by atoms with E-state index in [-0.39, 0.29) is 37.6 Å². The zero-order valence-electron chi connectivity index (χ0n) is 13.1. The molecule has 6 nitrogen and oxygen atoms in total. The molecule has 1 heterocycles. The fourth-order valence-electron chi connectivity index (χ4n) is 2.48. The van der Waals surface area contributed by atoms with Gasteiger partial charge in [0, 0.05) is 26.2 Å². The van der Waals surface area contributed by atoms with Gasteiger partial charge in [0.25, 0.3) is 9.84 Å². The van der Waals surface area contributed by atoms with E-state index in [1.54, 1.807) is 0 Å². The lowest BCUT2D eigenvalue weighted by Crippen LogP contribution is -2.49. The predicted molar refractivity (Wildman–Crippen MR) is 82.9 cm³/mol. The second kappa shape index (κ2) is 6.72. The van der Waals surface area contributed by atoms with Crippen LogP contribution in [0.2, 0.25) is 0 Å². The average Bonchev–Trinajstić information content (AvgIpc) is 2.54. The summed E-state index contributed by atoms with van der Waals surface area (Å²) in [7, 11) is -9.19. The largest absolute Gasteiger partial charge is 0.501 e. The van der Waals surface area contributed by atoms with Crippen molar-refractivity contribution in [3.63, 3.8) is 0 Å². The molecule has 2 rings (SSSR count). The summed E-state index contributed by atoms with van der Waals surface area (Å²) in [5.74, 6) is -1.23. The van der Waals surface area contributed by atoms with Crippen molar-refractivity contribution in [2.24, 2.45) is 0 Å². The summed E-state index contributed by atoms with van der Waals surface area (Å²) < 4.78 is 100. The lowest BCUT2D eigenvalue weighted by atomic mass is 10.2. The van der Waals surface area contributed by atoms with Gasteiger partial charge in [-0.25, -0.2) is 21.2 Å².